The summed E-state index contributed by atoms with van der Waals surface area (Å²) in [6.07, 6.45) is -2.28. The Morgan fingerprint density at radius 2 is 1.74 bits per heavy atom. The van der Waals surface area contributed by atoms with E-state index in [1.54, 1.807) is 31.4 Å². The van der Waals surface area contributed by atoms with Crippen molar-refractivity contribution in [2.24, 2.45) is 0 Å². The van der Waals surface area contributed by atoms with Crippen LogP contribution in [0.3, 0.4) is 0 Å². The van der Waals surface area contributed by atoms with Crippen molar-refractivity contribution in [3.63, 3.8) is 0 Å². The molecule has 0 unspecified atom stereocenters. The summed E-state index contributed by atoms with van der Waals surface area (Å²) in [7, 11) is 1.57. The molecule has 4 nitrogen and oxygen atoms in total. The number of ether oxygens (including phenoxy) is 1. The van der Waals surface area contributed by atoms with Gasteiger partial charge in [0.2, 0.25) is 5.82 Å². The fourth-order valence-corrected chi connectivity index (χ4v) is 2.28. The van der Waals surface area contributed by atoms with E-state index in [0.717, 1.165) is 5.56 Å². The van der Waals surface area contributed by atoms with Crippen LogP contribution in [0.5, 0.6) is 5.75 Å². The minimum absolute atomic E-state index is 0.423. The van der Waals surface area contributed by atoms with E-state index in [4.69, 9.17) is 4.74 Å². The second-order valence-electron chi connectivity index (χ2n) is 4.96. The van der Waals surface area contributed by atoms with E-state index >= 15 is 0 Å². The van der Waals surface area contributed by atoms with E-state index in [1.807, 2.05) is 30.3 Å². The molecule has 0 atom stereocenters. The molecule has 0 aliphatic carbocycles. The Morgan fingerprint density at radius 3 is 2.35 bits per heavy atom. The third kappa shape index (κ3) is 3.36. The maximum absolute atomic E-state index is 13.0. The van der Waals surface area contributed by atoms with E-state index in [9.17, 15) is 8.78 Å². The molecule has 0 aliphatic heterocycles. The minimum Gasteiger partial charge on any atom is -0.497 e. The molecule has 0 saturated heterocycles. The van der Waals surface area contributed by atoms with Crippen LogP contribution in [0.4, 0.5) is 8.78 Å². The molecule has 0 aliphatic rings. The summed E-state index contributed by atoms with van der Waals surface area (Å²) >= 11 is 0. The standard InChI is InChI=1S/C17H15F2N3O/c1-23-14-9-7-13(8-10-14)22-15(20-17(21-22)16(18)19)11-12-5-3-2-4-6-12/h2-10,16H,11H2,1H3. The van der Waals surface area contributed by atoms with E-state index in [-0.39, 0.29) is 0 Å². The van der Waals surface area contributed by atoms with Crippen LogP contribution in [0.2, 0.25) is 0 Å². The second-order valence-corrected chi connectivity index (χ2v) is 4.96. The molecule has 0 amide bonds. The van der Waals surface area contributed by atoms with Crippen LogP contribution in [-0.4, -0.2) is 21.9 Å². The van der Waals surface area contributed by atoms with Gasteiger partial charge in [0.25, 0.3) is 6.43 Å². The summed E-state index contributed by atoms with van der Waals surface area (Å²) in [5.74, 6) is 0.691. The van der Waals surface area contributed by atoms with Crippen molar-refractivity contribution in [2.75, 3.05) is 7.11 Å². The highest BCUT2D eigenvalue weighted by atomic mass is 19.3. The zero-order valence-electron chi connectivity index (χ0n) is 12.5. The Balaban J connectivity index is 2.00. The van der Waals surface area contributed by atoms with Crippen molar-refractivity contribution in [3.05, 3.63) is 71.8 Å². The van der Waals surface area contributed by atoms with Crippen LogP contribution in [0.1, 0.15) is 23.6 Å². The first-order valence-electron chi connectivity index (χ1n) is 7.09. The number of nitrogens with zero attached hydrogens (tertiary/aromatic N) is 3. The van der Waals surface area contributed by atoms with Gasteiger partial charge in [-0.1, -0.05) is 30.3 Å². The zero-order valence-corrected chi connectivity index (χ0v) is 12.5. The first-order chi connectivity index (χ1) is 11.2. The van der Waals surface area contributed by atoms with Gasteiger partial charge in [-0.05, 0) is 29.8 Å². The molecule has 0 radical (unpaired) electrons. The summed E-state index contributed by atoms with van der Waals surface area (Å²) in [5, 5.41) is 3.95. The van der Waals surface area contributed by atoms with Gasteiger partial charge in [-0.3, -0.25) is 0 Å². The largest absolute Gasteiger partial charge is 0.497 e. The van der Waals surface area contributed by atoms with Crippen molar-refractivity contribution in [2.45, 2.75) is 12.8 Å². The van der Waals surface area contributed by atoms with Gasteiger partial charge in [0.05, 0.1) is 12.8 Å². The van der Waals surface area contributed by atoms with Crippen LogP contribution in [0.15, 0.2) is 54.6 Å². The van der Waals surface area contributed by atoms with Gasteiger partial charge in [0.15, 0.2) is 0 Å². The predicted molar refractivity (Wildman–Crippen MR) is 82.1 cm³/mol. The van der Waals surface area contributed by atoms with Crippen LogP contribution in [0, 0.1) is 0 Å². The first-order valence-corrected chi connectivity index (χ1v) is 7.09. The highest BCUT2D eigenvalue weighted by Gasteiger charge is 2.18. The summed E-state index contributed by atoms with van der Waals surface area (Å²) < 4.78 is 32.5. The van der Waals surface area contributed by atoms with E-state index in [1.165, 1.54) is 4.68 Å². The number of halogens is 2. The van der Waals surface area contributed by atoms with Crippen LogP contribution < -0.4 is 4.74 Å². The molecular formula is C17H15F2N3O. The Morgan fingerprint density at radius 1 is 1.04 bits per heavy atom. The number of aromatic nitrogens is 3. The number of benzene rings is 2. The van der Waals surface area contributed by atoms with Crippen LogP contribution >= 0.6 is 0 Å². The molecule has 118 valence electrons. The molecule has 0 fully saturated rings. The van der Waals surface area contributed by atoms with Gasteiger partial charge in [0, 0.05) is 6.42 Å². The van der Waals surface area contributed by atoms with Crippen molar-refractivity contribution in [1.29, 1.82) is 0 Å². The molecule has 6 heteroatoms. The van der Waals surface area contributed by atoms with Crippen molar-refractivity contribution >= 4 is 0 Å². The summed E-state index contributed by atoms with van der Waals surface area (Å²) in [5.41, 5.74) is 1.65. The molecular weight excluding hydrogens is 300 g/mol. The maximum atomic E-state index is 13.0. The summed E-state index contributed by atoms with van der Waals surface area (Å²) in [6.45, 7) is 0. The fraction of sp³-hybridized carbons (Fsp3) is 0.176. The monoisotopic (exact) mass is 315 g/mol. The molecule has 3 aromatic rings. The van der Waals surface area contributed by atoms with Gasteiger partial charge in [-0.2, -0.15) is 0 Å². The quantitative estimate of drug-likeness (QED) is 0.719. The molecule has 0 spiro atoms. The molecule has 2 aromatic carbocycles. The maximum Gasteiger partial charge on any atom is 0.299 e. The fourth-order valence-electron chi connectivity index (χ4n) is 2.28. The van der Waals surface area contributed by atoms with Gasteiger partial charge in [0.1, 0.15) is 11.6 Å². The van der Waals surface area contributed by atoms with Gasteiger partial charge < -0.3 is 4.74 Å². The third-order valence-electron chi connectivity index (χ3n) is 3.41. The predicted octanol–water partition coefficient (Wildman–Crippen LogP) is 3.80. The number of hydrogen-bond acceptors (Lipinski definition) is 3. The molecule has 0 bridgehead atoms. The molecule has 3 rings (SSSR count). The smallest absolute Gasteiger partial charge is 0.299 e. The van der Waals surface area contributed by atoms with Crippen molar-refractivity contribution in [3.8, 4) is 11.4 Å². The number of rotatable bonds is 5. The van der Waals surface area contributed by atoms with Gasteiger partial charge in [-0.15, -0.1) is 5.10 Å². The average molecular weight is 315 g/mol. The van der Waals surface area contributed by atoms with Gasteiger partial charge in [-0.25, -0.2) is 18.4 Å². The second kappa shape index (κ2) is 6.56. The molecule has 1 aromatic heterocycles. The Kier molecular flexibility index (Phi) is 4.32. The normalized spacial score (nSPS) is 11.0. The van der Waals surface area contributed by atoms with Crippen molar-refractivity contribution in [1.82, 2.24) is 14.8 Å². The zero-order chi connectivity index (χ0) is 16.2. The van der Waals surface area contributed by atoms with Crippen LogP contribution in [0.25, 0.3) is 5.69 Å². The average Bonchev–Trinajstić information content (AvgIpc) is 3.00. The number of hydrogen-bond donors (Lipinski definition) is 0. The van der Waals surface area contributed by atoms with Crippen molar-refractivity contribution < 1.29 is 13.5 Å². The van der Waals surface area contributed by atoms with Crippen LogP contribution in [-0.2, 0) is 6.42 Å². The number of methoxy groups -OCH3 is 1. The highest BCUT2D eigenvalue weighted by molar-refractivity contribution is 5.38. The first kappa shape index (κ1) is 15.1. The molecule has 23 heavy (non-hydrogen) atoms. The molecule has 0 saturated carbocycles. The minimum atomic E-state index is -2.70. The highest BCUT2D eigenvalue weighted by Crippen LogP contribution is 2.21. The Labute approximate surface area is 132 Å². The van der Waals surface area contributed by atoms with E-state index in [0.29, 0.717) is 23.7 Å². The lowest BCUT2D eigenvalue weighted by atomic mass is 10.1. The lowest BCUT2D eigenvalue weighted by Gasteiger charge is -2.07. The lowest BCUT2D eigenvalue weighted by Crippen LogP contribution is -2.04. The molecule has 0 N–H and O–H groups in total. The van der Waals surface area contributed by atoms with E-state index < -0.39 is 12.2 Å². The molecule has 1 heterocycles. The SMILES string of the molecule is COc1ccc(-n2nc(C(F)F)nc2Cc2ccccc2)cc1. The Bertz CT molecular complexity index is 770. The third-order valence-corrected chi connectivity index (χ3v) is 3.41. The van der Waals surface area contributed by atoms with E-state index in [2.05, 4.69) is 10.1 Å². The summed E-state index contributed by atoms with van der Waals surface area (Å²) in [4.78, 5) is 3.99. The Hall–Kier alpha value is -2.76. The number of alkyl halides is 2. The topological polar surface area (TPSA) is 39.9 Å². The van der Waals surface area contributed by atoms with Gasteiger partial charge >= 0.3 is 0 Å². The lowest BCUT2D eigenvalue weighted by molar-refractivity contribution is 0.140. The summed E-state index contributed by atoms with van der Waals surface area (Å²) in [6, 6.07) is 16.6.